The fraction of sp³-hybridized carbons (Fsp3) is 0.222. The van der Waals surface area contributed by atoms with Gasteiger partial charge in [0.25, 0.3) is 0 Å². The monoisotopic (exact) mass is 218 g/mol. The molecule has 0 unspecified atom stereocenters. The van der Waals surface area contributed by atoms with Gasteiger partial charge in [0.2, 0.25) is 0 Å². The summed E-state index contributed by atoms with van der Waals surface area (Å²) >= 11 is 5.62. The molecule has 0 amide bonds. The Balaban J connectivity index is 3.45. The molecule has 0 bridgehead atoms. The zero-order chi connectivity index (χ0) is 10.7. The summed E-state index contributed by atoms with van der Waals surface area (Å²) in [5.41, 5.74) is -0.160. The molecule has 0 aromatic heterocycles. The maximum absolute atomic E-state index is 13.3. The number of rotatable bonds is 3. The highest BCUT2D eigenvalue weighted by Crippen LogP contribution is 2.37. The third-order valence-corrected chi connectivity index (χ3v) is 2.04. The van der Waals surface area contributed by atoms with Crippen LogP contribution in [0.4, 0.5) is 4.39 Å². The van der Waals surface area contributed by atoms with Crippen molar-refractivity contribution in [3.8, 4) is 11.5 Å². The van der Waals surface area contributed by atoms with Gasteiger partial charge >= 0.3 is 0 Å². The second kappa shape index (κ2) is 4.28. The molecule has 1 rings (SSSR count). The average Bonchev–Trinajstić information content (AvgIpc) is 2.21. The molecule has 1 aromatic carbocycles. The van der Waals surface area contributed by atoms with Crippen molar-refractivity contribution in [2.45, 2.75) is 0 Å². The predicted octanol–water partition coefficient (Wildman–Crippen LogP) is 2.31. The Bertz CT molecular complexity index is 366. The second-order valence-electron chi connectivity index (χ2n) is 2.45. The van der Waals surface area contributed by atoms with Gasteiger partial charge in [0.15, 0.2) is 23.6 Å². The fourth-order valence-corrected chi connectivity index (χ4v) is 1.31. The van der Waals surface area contributed by atoms with E-state index >= 15 is 0 Å². The van der Waals surface area contributed by atoms with Crippen molar-refractivity contribution in [1.82, 2.24) is 0 Å². The molecule has 0 N–H and O–H groups in total. The van der Waals surface area contributed by atoms with Gasteiger partial charge < -0.3 is 9.47 Å². The van der Waals surface area contributed by atoms with Crippen molar-refractivity contribution in [3.05, 3.63) is 22.5 Å². The number of halogens is 2. The lowest BCUT2D eigenvalue weighted by Crippen LogP contribution is -1.97. The first kappa shape index (κ1) is 10.8. The van der Waals surface area contributed by atoms with Crippen LogP contribution in [0.15, 0.2) is 6.07 Å². The number of aldehydes is 1. The van der Waals surface area contributed by atoms with E-state index in [9.17, 15) is 9.18 Å². The van der Waals surface area contributed by atoms with Crippen molar-refractivity contribution < 1.29 is 18.7 Å². The molecule has 3 nitrogen and oxygen atoms in total. The van der Waals surface area contributed by atoms with E-state index in [1.807, 2.05) is 0 Å². The van der Waals surface area contributed by atoms with E-state index in [0.717, 1.165) is 0 Å². The molecule has 1 aromatic rings. The highest BCUT2D eigenvalue weighted by Gasteiger charge is 2.17. The second-order valence-corrected chi connectivity index (χ2v) is 2.83. The third-order valence-electron chi connectivity index (χ3n) is 1.71. The Kier molecular flexibility index (Phi) is 3.30. The normalized spacial score (nSPS) is 9.71. The van der Waals surface area contributed by atoms with E-state index in [2.05, 4.69) is 0 Å². The van der Waals surface area contributed by atoms with Crippen molar-refractivity contribution in [2.75, 3.05) is 14.2 Å². The molecule has 76 valence electrons. The van der Waals surface area contributed by atoms with E-state index in [4.69, 9.17) is 21.1 Å². The number of carbonyl (C=O) groups is 1. The molecule has 0 atom stereocenters. The van der Waals surface area contributed by atoms with E-state index < -0.39 is 5.82 Å². The van der Waals surface area contributed by atoms with Gasteiger partial charge in [-0.25, -0.2) is 4.39 Å². The zero-order valence-corrected chi connectivity index (χ0v) is 8.39. The molecular weight excluding hydrogens is 211 g/mol. The summed E-state index contributed by atoms with van der Waals surface area (Å²) in [6, 6.07) is 1.23. The first-order valence-corrected chi connectivity index (χ1v) is 4.08. The van der Waals surface area contributed by atoms with Crippen LogP contribution in [-0.4, -0.2) is 20.5 Å². The Morgan fingerprint density at radius 3 is 2.50 bits per heavy atom. The van der Waals surface area contributed by atoms with Gasteiger partial charge in [-0.2, -0.15) is 0 Å². The van der Waals surface area contributed by atoms with Gasteiger partial charge in [0.1, 0.15) is 5.02 Å². The SMILES string of the molecule is COc1cc(C=O)c(F)c(Cl)c1OC. The van der Waals surface area contributed by atoms with Crippen LogP contribution in [0, 0.1) is 5.82 Å². The number of hydrogen-bond acceptors (Lipinski definition) is 3. The summed E-state index contributed by atoms with van der Waals surface area (Å²) in [5, 5.41) is -0.256. The van der Waals surface area contributed by atoms with Gasteiger partial charge in [-0.3, -0.25) is 4.79 Å². The summed E-state index contributed by atoms with van der Waals surface area (Å²) in [6.07, 6.45) is 0.364. The lowest BCUT2D eigenvalue weighted by molar-refractivity contribution is 0.111. The van der Waals surface area contributed by atoms with Gasteiger partial charge in [-0.15, -0.1) is 0 Å². The minimum Gasteiger partial charge on any atom is -0.493 e. The molecule has 0 saturated carbocycles. The Morgan fingerprint density at radius 1 is 1.43 bits per heavy atom. The highest BCUT2D eigenvalue weighted by atomic mass is 35.5. The minimum absolute atomic E-state index is 0.0808. The summed E-state index contributed by atoms with van der Waals surface area (Å²) in [7, 11) is 2.71. The topological polar surface area (TPSA) is 35.5 Å². The number of hydrogen-bond donors (Lipinski definition) is 0. The molecule has 0 fully saturated rings. The minimum atomic E-state index is -0.806. The number of carbonyl (C=O) groups excluding carboxylic acids is 1. The maximum atomic E-state index is 13.3. The third kappa shape index (κ3) is 1.65. The first-order chi connectivity index (χ1) is 6.65. The van der Waals surface area contributed by atoms with E-state index in [1.165, 1.54) is 20.3 Å². The Hall–Kier alpha value is -1.29. The van der Waals surface area contributed by atoms with E-state index in [1.54, 1.807) is 0 Å². The lowest BCUT2D eigenvalue weighted by atomic mass is 10.2. The molecule has 0 radical (unpaired) electrons. The van der Waals surface area contributed by atoms with Gasteiger partial charge in [-0.05, 0) is 6.07 Å². The zero-order valence-electron chi connectivity index (χ0n) is 7.64. The standard InChI is InChI=1S/C9H8ClFO3/c1-13-6-3-5(4-12)8(11)7(10)9(6)14-2/h3-4H,1-2H3. The molecule has 0 aliphatic heterocycles. The van der Waals surface area contributed by atoms with Gasteiger partial charge in [-0.1, -0.05) is 11.6 Å². The lowest BCUT2D eigenvalue weighted by Gasteiger charge is -2.10. The smallest absolute Gasteiger partial charge is 0.182 e. The summed E-state index contributed by atoms with van der Waals surface area (Å²) < 4.78 is 23.0. The van der Waals surface area contributed by atoms with Crippen molar-refractivity contribution in [2.24, 2.45) is 0 Å². The van der Waals surface area contributed by atoms with E-state index in [0.29, 0.717) is 6.29 Å². The van der Waals surface area contributed by atoms with E-state index in [-0.39, 0.29) is 22.1 Å². The highest BCUT2D eigenvalue weighted by molar-refractivity contribution is 6.32. The molecule has 0 aliphatic rings. The van der Waals surface area contributed by atoms with Gasteiger partial charge in [0, 0.05) is 0 Å². The van der Waals surface area contributed by atoms with Crippen LogP contribution in [-0.2, 0) is 0 Å². The summed E-state index contributed by atoms with van der Waals surface area (Å²) in [6.45, 7) is 0. The van der Waals surface area contributed by atoms with Crippen molar-refractivity contribution >= 4 is 17.9 Å². The van der Waals surface area contributed by atoms with Crippen molar-refractivity contribution in [3.63, 3.8) is 0 Å². The number of methoxy groups -OCH3 is 2. The predicted molar refractivity (Wildman–Crippen MR) is 49.9 cm³/mol. The molecule has 5 heteroatoms. The average molecular weight is 219 g/mol. The first-order valence-electron chi connectivity index (χ1n) is 3.70. The fourth-order valence-electron chi connectivity index (χ4n) is 1.03. The maximum Gasteiger partial charge on any atom is 0.182 e. The van der Waals surface area contributed by atoms with Crippen LogP contribution >= 0.6 is 11.6 Å². The molecule has 0 aliphatic carbocycles. The molecule has 0 heterocycles. The number of benzene rings is 1. The van der Waals surface area contributed by atoms with Crippen LogP contribution in [0.5, 0.6) is 11.5 Å². The van der Waals surface area contributed by atoms with Crippen LogP contribution in [0.2, 0.25) is 5.02 Å². The largest absolute Gasteiger partial charge is 0.493 e. The summed E-state index contributed by atoms with van der Waals surface area (Å²) in [4.78, 5) is 10.5. The van der Waals surface area contributed by atoms with Crippen molar-refractivity contribution in [1.29, 1.82) is 0 Å². The molecule has 0 saturated heterocycles. The van der Waals surface area contributed by atoms with Crippen LogP contribution in [0.1, 0.15) is 10.4 Å². The molecule has 0 spiro atoms. The molecule has 14 heavy (non-hydrogen) atoms. The summed E-state index contributed by atoms with van der Waals surface area (Å²) in [5.74, 6) is -0.502. The Morgan fingerprint density at radius 2 is 2.07 bits per heavy atom. The van der Waals surface area contributed by atoms with Crippen LogP contribution < -0.4 is 9.47 Å². The van der Waals surface area contributed by atoms with Gasteiger partial charge in [0.05, 0.1) is 19.8 Å². The quantitative estimate of drug-likeness (QED) is 0.731. The van der Waals surface area contributed by atoms with Crippen LogP contribution in [0.25, 0.3) is 0 Å². The molecular formula is C9H8ClFO3. The number of ether oxygens (including phenoxy) is 2. The van der Waals surface area contributed by atoms with Crippen LogP contribution in [0.3, 0.4) is 0 Å². The Labute approximate surface area is 85.4 Å².